The Morgan fingerprint density at radius 2 is 1.82 bits per heavy atom. The van der Waals surface area contributed by atoms with Crippen molar-refractivity contribution in [2.75, 3.05) is 6.61 Å². The van der Waals surface area contributed by atoms with E-state index in [0.717, 1.165) is 16.9 Å². The van der Waals surface area contributed by atoms with E-state index >= 15 is 0 Å². The van der Waals surface area contributed by atoms with E-state index in [1.165, 1.54) is 26.8 Å². The average molecular weight is 469 g/mol. The molecule has 172 valence electrons. The quantitative estimate of drug-likeness (QED) is 0.198. The third kappa shape index (κ3) is 5.50. The highest BCUT2D eigenvalue weighted by Gasteiger charge is 2.15. The van der Waals surface area contributed by atoms with Crippen LogP contribution >= 0.6 is 11.3 Å². The molecule has 4 rings (SSSR count). The molecule has 1 atom stereocenters. The number of rotatable bonds is 8. The molecule has 0 fully saturated rings. The molecule has 0 bridgehead atoms. The maximum atomic E-state index is 11.9. The van der Waals surface area contributed by atoms with Crippen LogP contribution in [0.4, 0.5) is 0 Å². The molecule has 0 N–H and O–H groups in total. The van der Waals surface area contributed by atoms with Gasteiger partial charge in [0.1, 0.15) is 12.4 Å². The summed E-state index contributed by atoms with van der Waals surface area (Å²) >= 11 is 1.77. The number of carbonyl (C=O) groups excluding carboxylic acids is 1. The van der Waals surface area contributed by atoms with Gasteiger partial charge in [-0.15, -0.1) is 17.3 Å². The highest BCUT2D eigenvalue weighted by Crippen LogP contribution is 2.36. The number of hydrogen-bond donors (Lipinski definition) is 0. The summed E-state index contributed by atoms with van der Waals surface area (Å²) in [6, 6.07) is 22.8. The highest BCUT2D eigenvalue weighted by atomic mass is 32.1. The number of ether oxygens (including phenoxy) is 2. The Morgan fingerprint density at radius 1 is 1.03 bits per heavy atom. The minimum Gasteiger partial charge on any atom is -0.489 e. The van der Waals surface area contributed by atoms with Gasteiger partial charge in [0, 0.05) is 15.6 Å². The van der Waals surface area contributed by atoms with Crippen LogP contribution in [0.1, 0.15) is 42.9 Å². The number of benzene rings is 3. The van der Waals surface area contributed by atoms with Crippen LogP contribution in [0.15, 0.2) is 72.1 Å². The molecule has 0 amide bonds. The summed E-state index contributed by atoms with van der Waals surface area (Å²) in [6.07, 6.45) is 0.249. The first-order valence-corrected chi connectivity index (χ1v) is 12.3. The SMILES string of the molecule is CC#CC(CC(=O)OCC)c1ccc(OCc2ccc3scc(-c4ccccc4C)c3c2)cc1. The lowest BCUT2D eigenvalue weighted by atomic mass is 9.96. The van der Waals surface area contributed by atoms with E-state index in [-0.39, 0.29) is 18.3 Å². The van der Waals surface area contributed by atoms with E-state index in [0.29, 0.717) is 13.2 Å². The summed E-state index contributed by atoms with van der Waals surface area (Å²) in [5.74, 6) is 6.40. The monoisotopic (exact) mass is 468 g/mol. The van der Waals surface area contributed by atoms with Crippen LogP contribution < -0.4 is 4.74 Å². The molecule has 0 saturated carbocycles. The van der Waals surface area contributed by atoms with Gasteiger partial charge >= 0.3 is 5.97 Å². The van der Waals surface area contributed by atoms with Gasteiger partial charge in [0.15, 0.2) is 0 Å². The smallest absolute Gasteiger partial charge is 0.307 e. The molecule has 3 nitrogen and oxygen atoms in total. The molecular weight excluding hydrogens is 440 g/mol. The van der Waals surface area contributed by atoms with Crippen molar-refractivity contribution in [2.45, 2.75) is 39.7 Å². The summed E-state index contributed by atoms with van der Waals surface area (Å²) in [4.78, 5) is 11.9. The number of carbonyl (C=O) groups is 1. The number of aryl methyl sites for hydroxylation is 1. The van der Waals surface area contributed by atoms with E-state index < -0.39 is 0 Å². The minimum atomic E-state index is -0.232. The van der Waals surface area contributed by atoms with Crippen LogP contribution in [-0.2, 0) is 16.1 Å². The molecule has 4 heteroatoms. The van der Waals surface area contributed by atoms with E-state index in [9.17, 15) is 4.79 Å². The Morgan fingerprint density at radius 3 is 2.56 bits per heavy atom. The standard InChI is InChI=1S/C30H28O3S/c1-4-8-24(18-30(31)32-5-2)23-12-14-25(15-13-23)33-19-22-11-16-29-27(17-22)28(20-34-29)26-10-7-6-9-21(26)3/h6-7,9-17,20,24H,5,18-19H2,1-3H3. The lowest BCUT2D eigenvalue weighted by molar-refractivity contribution is -0.143. The van der Waals surface area contributed by atoms with E-state index in [4.69, 9.17) is 9.47 Å². The molecule has 0 spiro atoms. The molecule has 1 unspecified atom stereocenters. The fourth-order valence-corrected chi connectivity index (χ4v) is 4.97. The second-order valence-corrected chi connectivity index (χ2v) is 9.02. The predicted octanol–water partition coefficient (Wildman–Crippen LogP) is 7.52. The first kappa shape index (κ1) is 23.6. The molecule has 0 saturated heterocycles. The zero-order valence-corrected chi connectivity index (χ0v) is 20.6. The van der Waals surface area contributed by atoms with Gasteiger partial charge < -0.3 is 9.47 Å². The molecule has 4 aromatic rings. The van der Waals surface area contributed by atoms with E-state index in [1.54, 1.807) is 18.3 Å². The van der Waals surface area contributed by atoms with Gasteiger partial charge in [-0.1, -0.05) is 48.4 Å². The summed E-state index contributed by atoms with van der Waals surface area (Å²) in [6.45, 7) is 6.61. The molecular formula is C30H28O3S. The largest absolute Gasteiger partial charge is 0.489 e. The van der Waals surface area contributed by atoms with Crippen LogP contribution in [0.3, 0.4) is 0 Å². The first-order chi connectivity index (χ1) is 16.6. The lowest BCUT2D eigenvalue weighted by Gasteiger charge is -2.12. The van der Waals surface area contributed by atoms with Crippen LogP contribution in [0.25, 0.3) is 21.2 Å². The number of hydrogen-bond acceptors (Lipinski definition) is 4. The summed E-state index contributed by atoms with van der Waals surface area (Å²) in [7, 11) is 0. The molecule has 0 aliphatic carbocycles. The Labute approximate surface area is 205 Å². The van der Waals surface area contributed by atoms with Crippen molar-refractivity contribution in [3.8, 4) is 28.7 Å². The molecule has 0 aliphatic heterocycles. The van der Waals surface area contributed by atoms with Gasteiger partial charge in [-0.3, -0.25) is 4.79 Å². The topological polar surface area (TPSA) is 35.5 Å². The van der Waals surface area contributed by atoms with Crippen molar-refractivity contribution >= 4 is 27.4 Å². The number of fused-ring (bicyclic) bond motifs is 1. The summed E-state index contributed by atoms with van der Waals surface area (Å²) in [5.41, 5.74) is 5.93. The number of thiophene rings is 1. The van der Waals surface area contributed by atoms with Gasteiger partial charge in [0.25, 0.3) is 0 Å². The van der Waals surface area contributed by atoms with Gasteiger partial charge in [-0.05, 0) is 72.7 Å². The van der Waals surface area contributed by atoms with Crippen LogP contribution in [-0.4, -0.2) is 12.6 Å². The van der Waals surface area contributed by atoms with Gasteiger partial charge in [0.05, 0.1) is 18.9 Å². The average Bonchev–Trinajstić information content (AvgIpc) is 3.26. The highest BCUT2D eigenvalue weighted by molar-refractivity contribution is 7.17. The fourth-order valence-electron chi connectivity index (χ4n) is 4.03. The Kier molecular flexibility index (Phi) is 7.67. The zero-order chi connectivity index (χ0) is 23.9. The summed E-state index contributed by atoms with van der Waals surface area (Å²) < 4.78 is 12.4. The Bertz CT molecular complexity index is 1340. The van der Waals surface area contributed by atoms with Gasteiger partial charge in [0.2, 0.25) is 0 Å². The maximum Gasteiger partial charge on any atom is 0.307 e. The fraction of sp³-hybridized carbons (Fsp3) is 0.233. The molecule has 1 heterocycles. The second kappa shape index (κ2) is 11.0. The first-order valence-electron chi connectivity index (χ1n) is 11.5. The van der Waals surface area contributed by atoms with Crippen LogP contribution in [0.2, 0.25) is 0 Å². The van der Waals surface area contributed by atoms with Crippen molar-refractivity contribution in [3.05, 3.63) is 88.8 Å². The lowest BCUT2D eigenvalue weighted by Crippen LogP contribution is -2.09. The summed E-state index contributed by atoms with van der Waals surface area (Å²) in [5, 5.41) is 3.50. The van der Waals surface area contributed by atoms with Crippen LogP contribution in [0, 0.1) is 18.8 Å². The minimum absolute atomic E-state index is 0.182. The molecule has 0 radical (unpaired) electrons. The third-order valence-corrected chi connectivity index (χ3v) is 6.72. The molecule has 34 heavy (non-hydrogen) atoms. The van der Waals surface area contributed by atoms with E-state index in [1.807, 2.05) is 31.2 Å². The van der Waals surface area contributed by atoms with Crippen molar-refractivity contribution in [3.63, 3.8) is 0 Å². The van der Waals surface area contributed by atoms with Crippen molar-refractivity contribution in [1.82, 2.24) is 0 Å². The van der Waals surface area contributed by atoms with Crippen molar-refractivity contribution in [2.24, 2.45) is 0 Å². The Hall–Kier alpha value is -3.55. The van der Waals surface area contributed by atoms with Crippen molar-refractivity contribution < 1.29 is 14.3 Å². The molecule has 0 aliphatic rings. The predicted molar refractivity (Wildman–Crippen MR) is 140 cm³/mol. The number of esters is 1. The Balaban J connectivity index is 1.47. The molecule has 1 aromatic heterocycles. The van der Waals surface area contributed by atoms with Gasteiger partial charge in [-0.2, -0.15) is 0 Å². The second-order valence-electron chi connectivity index (χ2n) is 8.11. The normalized spacial score (nSPS) is 11.5. The van der Waals surface area contributed by atoms with Crippen molar-refractivity contribution in [1.29, 1.82) is 0 Å². The van der Waals surface area contributed by atoms with Gasteiger partial charge in [-0.25, -0.2) is 0 Å². The zero-order valence-electron chi connectivity index (χ0n) is 19.8. The molecule has 3 aromatic carbocycles. The van der Waals surface area contributed by atoms with E-state index in [2.05, 4.69) is 66.6 Å². The van der Waals surface area contributed by atoms with Crippen LogP contribution in [0.5, 0.6) is 5.75 Å². The third-order valence-electron chi connectivity index (χ3n) is 5.76. The maximum absolute atomic E-state index is 11.9.